The number of nitrogens with zero attached hydrogens (tertiary/aromatic N) is 1. The van der Waals surface area contributed by atoms with Gasteiger partial charge in [0.15, 0.2) is 0 Å². The summed E-state index contributed by atoms with van der Waals surface area (Å²) in [5, 5.41) is 10.0. The fraction of sp³-hybridized carbons (Fsp3) is 0.824. The summed E-state index contributed by atoms with van der Waals surface area (Å²) < 4.78 is 5.73. The summed E-state index contributed by atoms with van der Waals surface area (Å²) in [4.78, 5) is 14.2. The quantitative estimate of drug-likeness (QED) is 0.805. The van der Waals surface area contributed by atoms with Crippen molar-refractivity contribution in [2.45, 2.75) is 69.6 Å². The average molecular weight is 291 g/mol. The predicted molar refractivity (Wildman–Crippen MR) is 79.4 cm³/mol. The van der Waals surface area contributed by atoms with Gasteiger partial charge < -0.3 is 14.7 Å². The molecule has 1 saturated carbocycles. The van der Waals surface area contributed by atoms with E-state index in [0.717, 1.165) is 45.1 Å². The molecule has 1 saturated heterocycles. The molecule has 1 N–H and O–H groups in total. The van der Waals surface area contributed by atoms with Gasteiger partial charge in [-0.2, -0.15) is 0 Å². The molecule has 1 aliphatic heterocycles. The van der Waals surface area contributed by atoms with E-state index in [0.29, 0.717) is 5.92 Å². The first-order valence-corrected chi connectivity index (χ1v) is 8.33. The molecule has 1 amide bonds. The number of likely N-dealkylation sites (tertiary alicyclic amines) is 1. The van der Waals surface area contributed by atoms with Gasteiger partial charge in [0.05, 0.1) is 12.1 Å². The van der Waals surface area contributed by atoms with Gasteiger partial charge >= 0.3 is 0 Å². The van der Waals surface area contributed by atoms with Crippen molar-refractivity contribution in [2.24, 2.45) is 5.92 Å². The number of carbonyl (C=O) groups is 1. The lowest BCUT2D eigenvalue weighted by molar-refractivity contribution is -0.140. The van der Waals surface area contributed by atoms with Crippen LogP contribution in [0.25, 0.3) is 0 Å². The number of hydrogen-bond acceptors (Lipinski definition) is 3. The lowest BCUT2D eigenvalue weighted by atomic mass is 10.0. The molecule has 116 valence electrons. The molecule has 3 rings (SSSR count). The van der Waals surface area contributed by atoms with E-state index in [4.69, 9.17) is 4.74 Å². The number of rotatable bonds is 3. The van der Waals surface area contributed by atoms with E-state index >= 15 is 0 Å². The van der Waals surface area contributed by atoms with Crippen LogP contribution >= 0.6 is 0 Å². The molecule has 0 aromatic carbocycles. The number of hydrogen-bond donors (Lipinski definition) is 1. The van der Waals surface area contributed by atoms with Crippen LogP contribution in [0, 0.1) is 17.8 Å². The summed E-state index contributed by atoms with van der Waals surface area (Å²) in [6.07, 6.45) is 7.82. The lowest BCUT2D eigenvalue weighted by Crippen LogP contribution is -2.44. The maximum absolute atomic E-state index is 12.4. The first kappa shape index (κ1) is 14.9. The Morgan fingerprint density at radius 3 is 3.00 bits per heavy atom. The van der Waals surface area contributed by atoms with Crippen LogP contribution in [0.1, 0.15) is 51.4 Å². The Labute approximate surface area is 126 Å². The molecule has 2 aliphatic carbocycles. The molecule has 0 bridgehead atoms. The highest BCUT2D eigenvalue weighted by atomic mass is 16.5. The third-order valence-electron chi connectivity index (χ3n) is 5.07. The van der Waals surface area contributed by atoms with E-state index in [1.165, 1.54) is 12.8 Å². The molecular formula is C17H25NO3. The highest BCUT2D eigenvalue weighted by Crippen LogP contribution is 2.38. The van der Waals surface area contributed by atoms with Gasteiger partial charge in [0.2, 0.25) is 5.91 Å². The molecule has 2 fully saturated rings. The smallest absolute Gasteiger partial charge is 0.248 e. The second kappa shape index (κ2) is 6.81. The van der Waals surface area contributed by atoms with Crippen molar-refractivity contribution >= 4 is 5.91 Å². The summed E-state index contributed by atoms with van der Waals surface area (Å²) in [7, 11) is 0. The van der Waals surface area contributed by atoms with E-state index in [-0.39, 0.29) is 30.8 Å². The van der Waals surface area contributed by atoms with Crippen LogP contribution in [-0.4, -0.2) is 47.3 Å². The van der Waals surface area contributed by atoms with E-state index in [1.54, 1.807) is 0 Å². The fourth-order valence-corrected chi connectivity index (χ4v) is 3.92. The molecule has 4 nitrogen and oxygen atoms in total. The summed E-state index contributed by atoms with van der Waals surface area (Å²) in [6.45, 7) is 0.875. The molecular weight excluding hydrogens is 266 g/mol. The van der Waals surface area contributed by atoms with Crippen LogP contribution in [-0.2, 0) is 9.53 Å². The third kappa shape index (κ3) is 3.41. The van der Waals surface area contributed by atoms with Crippen molar-refractivity contribution in [3.8, 4) is 11.8 Å². The third-order valence-corrected chi connectivity index (χ3v) is 5.07. The SMILES string of the molecule is O=C(COC1C#CCCCCC1)N1CC[C@H]2CC[C@@H](O)[C@H]21. The average Bonchev–Trinajstić information content (AvgIpc) is 3.01. The molecule has 21 heavy (non-hydrogen) atoms. The number of aliphatic hydroxyl groups is 1. The molecule has 0 spiro atoms. The zero-order valence-electron chi connectivity index (χ0n) is 12.6. The lowest BCUT2D eigenvalue weighted by Gasteiger charge is -2.27. The van der Waals surface area contributed by atoms with Crippen molar-refractivity contribution in [3.05, 3.63) is 0 Å². The molecule has 4 atom stereocenters. The summed E-state index contributed by atoms with van der Waals surface area (Å²) in [6, 6.07) is 0.0320. The number of ether oxygens (including phenoxy) is 1. The molecule has 4 heteroatoms. The van der Waals surface area contributed by atoms with Crippen LogP contribution in [0.15, 0.2) is 0 Å². The maximum atomic E-state index is 12.4. The van der Waals surface area contributed by atoms with Crippen molar-refractivity contribution < 1.29 is 14.6 Å². The Hall–Kier alpha value is -1.05. The monoisotopic (exact) mass is 291 g/mol. The minimum absolute atomic E-state index is 0.0207. The van der Waals surface area contributed by atoms with Gasteiger partial charge in [-0.1, -0.05) is 12.3 Å². The zero-order chi connectivity index (χ0) is 14.7. The van der Waals surface area contributed by atoms with E-state index in [9.17, 15) is 9.90 Å². The number of amides is 1. The Morgan fingerprint density at radius 2 is 2.10 bits per heavy atom. The molecule has 1 heterocycles. The summed E-state index contributed by atoms with van der Waals surface area (Å²) in [5.74, 6) is 6.78. The first-order valence-electron chi connectivity index (χ1n) is 8.33. The van der Waals surface area contributed by atoms with Gasteiger partial charge in [-0.15, -0.1) is 5.92 Å². The summed E-state index contributed by atoms with van der Waals surface area (Å²) >= 11 is 0. The van der Waals surface area contributed by atoms with Crippen LogP contribution in [0.2, 0.25) is 0 Å². The second-order valence-corrected chi connectivity index (χ2v) is 6.49. The standard InChI is InChI=1S/C17H25NO3/c19-15-9-8-13-10-11-18(17(13)15)16(20)12-21-14-6-4-2-1-3-5-7-14/h13-15,17,19H,1-4,6,8-12H2/t13-,14?,15-,17+/m1/s1. The fourth-order valence-electron chi connectivity index (χ4n) is 3.92. The topological polar surface area (TPSA) is 49.8 Å². The van der Waals surface area contributed by atoms with Gasteiger partial charge in [-0.25, -0.2) is 0 Å². The zero-order valence-corrected chi connectivity index (χ0v) is 12.6. The van der Waals surface area contributed by atoms with Crippen molar-refractivity contribution in [1.29, 1.82) is 0 Å². The predicted octanol–water partition coefficient (Wildman–Crippen LogP) is 1.71. The highest BCUT2D eigenvalue weighted by molar-refractivity contribution is 5.78. The molecule has 0 aromatic heterocycles. The van der Waals surface area contributed by atoms with Crippen molar-refractivity contribution in [3.63, 3.8) is 0 Å². The first-order chi connectivity index (χ1) is 10.3. The molecule has 1 unspecified atom stereocenters. The second-order valence-electron chi connectivity index (χ2n) is 6.49. The van der Waals surface area contributed by atoms with Gasteiger partial charge in [0.25, 0.3) is 0 Å². The number of aliphatic hydroxyl groups excluding tert-OH is 1. The van der Waals surface area contributed by atoms with Gasteiger partial charge in [0, 0.05) is 13.0 Å². The Kier molecular flexibility index (Phi) is 4.82. The Bertz CT molecular complexity index is 439. The van der Waals surface area contributed by atoms with Crippen LogP contribution in [0.5, 0.6) is 0 Å². The van der Waals surface area contributed by atoms with Gasteiger partial charge in [-0.3, -0.25) is 4.79 Å². The largest absolute Gasteiger partial charge is 0.391 e. The van der Waals surface area contributed by atoms with E-state index in [2.05, 4.69) is 11.8 Å². The normalized spacial score (nSPS) is 35.6. The van der Waals surface area contributed by atoms with Crippen LogP contribution < -0.4 is 0 Å². The van der Waals surface area contributed by atoms with Crippen LogP contribution in [0.3, 0.4) is 0 Å². The van der Waals surface area contributed by atoms with E-state index in [1.807, 2.05) is 4.90 Å². The van der Waals surface area contributed by atoms with Gasteiger partial charge in [0.1, 0.15) is 12.7 Å². The summed E-state index contributed by atoms with van der Waals surface area (Å²) in [5.41, 5.74) is 0. The Balaban J connectivity index is 1.52. The van der Waals surface area contributed by atoms with Gasteiger partial charge in [-0.05, 0) is 44.4 Å². The highest BCUT2D eigenvalue weighted by Gasteiger charge is 2.45. The van der Waals surface area contributed by atoms with Crippen molar-refractivity contribution in [1.82, 2.24) is 4.90 Å². The van der Waals surface area contributed by atoms with Crippen molar-refractivity contribution in [2.75, 3.05) is 13.2 Å². The Morgan fingerprint density at radius 1 is 1.19 bits per heavy atom. The maximum Gasteiger partial charge on any atom is 0.248 e. The molecule has 3 aliphatic rings. The minimum atomic E-state index is -0.345. The molecule has 0 radical (unpaired) electrons. The number of carbonyl (C=O) groups excluding carboxylic acids is 1. The van der Waals surface area contributed by atoms with E-state index < -0.39 is 0 Å². The van der Waals surface area contributed by atoms with Crippen LogP contribution in [0.4, 0.5) is 0 Å². The molecule has 0 aromatic rings. The minimum Gasteiger partial charge on any atom is -0.391 e. The number of fused-ring (bicyclic) bond motifs is 1.